The van der Waals surface area contributed by atoms with Crippen molar-refractivity contribution in [2.45, 2.75) is 31.1 Å². The van der Waals surface area contributed by atoms with Gasteiger partial charge in [0, 0.05) is 6.54 Å². The van der Waals surface area contributed by atoms with E-state index in [1.807, 2.05) is 13.0 Å². The first-order valence-corrected chi connectivity index (χ1v) is 7.31. The van der Waals surface area contributed by atoms with E-state index in [4.69, 9.17) is 5.73 Å². The SMILES string of the molecule is Cc1cccc(S(=O)(=O)NCCCCCN)c1. The molecule has 0 fully saturated rings. The van der Waals surface area contributed by atoms with E-state index in [1.165, 1.54) is 0 Å². The van der Waals surface area contributed by atoms with Gasteiger partial charge in [-0.3, -0.25) is 0 Å². The molecule has 1 rings (SSSR count). The first-order chi connectivity index (χ1) is 8.06. The Labute approximate surface area is 103 Å². The monoisotopic (exact) mass is 256 g/mol. The topological polar surface area (TPSA) is 72.2 Å². The average molecular weight is 256 g/mol. The molecule has 0 saturated heterocycles. The van der Waals surface area contributed by atoms with Crippen molar-refractivity contribution in [2.75, 3.05) is 13.1 Å². The second kappa shape index (κ2) is 6.74. The van der Waals surface area contributed by atoms with Crippen LogP contribution in [0, 0.1) is 6.92 Å². The van der Waals surface area contributed by atoms with Gasteiger partial charge in [-0.15, -0.1) is 0 Å². The van der Waals surface area contributed by atoms with Crippen LogP contribution in [0.3, 0.4) is 0 Å². The molecule has 5 heteroatoms. The molecule has 0 unspecified atom stereocenters. The van der Waals surface area contributed by atoms with E-state index < -0.39 is 10.0 Å². The number of nitrogens with one attached hydrogen (secondary N) is 1. The summed E-state index contributed by atoms with van der Waals surface area (Å²) in [5, 5.41) is 0. The Bertz CT molecular complexity index is 444. The molecule has 0 bridgehead atoms. The number of hydrogen-bond acceptors (Lipinski definition) is 3. The second-order valence-corrected chi connectivity index (χ2v) is 5.83. The molecule has 1 aromatic carbocycles. The van der Waals surface area contributed by atoms with Gasteiger partial charge >= 0.3 is 0 Å². The number of hydrogen-bond donors (Lipinski definition) is 2. The fourth-order valence-electron chi connectivity index (χ4n) is 1.52. The van der Waals surface area contributed by atoms with Crippen molar-refractivity contribution in [3.8, 4) is 0 Å². The molecule has 0 heterocycles. The third-order valence-electron chi connectivity index (χ3n) is 2.47. The highest BCUT2D eigenvalue weighted by Gasteiger charge is 2.12. The fraction of sp³-hybridized carbons (Fsp3) is 0.500. The van der Waals surface area contributed by atoms with Crippen LogP contribution in [0.25, 0.3) is 0 Å². The van der Waals surface area contributed by atoms with Gasteiger partial charge in [0.25, 0.3) is 0 Å². The molecule has 0 aliphatic heterocycles. The van der Waals surface area contributed by atoms with E-state index in [0.717, 1.165) is 24.8 Å². The molecule has 0 atom stereocenters. The minimum absolute atomic E-state index is 0.330. The molecule has 0 aliphatic carbocycles. The largest absolute Gasteiger partial charge is 0.330 e. The van der Waals surface area contributed by atoms with Gasteiger partial charge in [-0.05, 0) is 44.0 Å². The Morgan fingerprint density at radius 3 is 2.65 bits per heavy atom. The van der Waals surface area contributed by atoms with Crippen molar-refractivity contribution >= 4 is 10.0 Å². The van der Waals surface area contributed by atoms with Crippen LogP contribution in [0.15, 0.2) is 29.2 Å². The maximum atomic E-state index is 11.9. The zero-order chi connectivity index (χ0) is 12.7. The van der Waals surface area contributed by atoms with Crippen LogP contribution in [-0.4, -0.2) is 21.5 Å². The van der Waals surface area contributed by atoms with Crippen LogP contribution < -0.4 is 10.5 Å². The van der Waals surface area contributed by atoms with Gasteiger partial charge in [0.05, 0.1) is 4.90 Å². The summed E-state index contributed by atoms with van der Waals surface area (Å²) in [6.45, 7) is 3.00. The third-order valence-corrected chi connectivity index (χ3v) is 3.93. The Balaban J connectivity index is 2.51. The normalized spacial score (nSPS) is 11.6. The highest BCUT2D eigenvalue weighted by Crippen LogP contribution is 2.10. The summed E-state index contributed by atoms with van der Waals surface area (Å²) >= 11 is 0. The maximum absolute atomic E-state index is 11.9. The van der Waals surface area contributed by atoms with Gasteiger partial charge in [0.1, 0.15) is 0 Å². The van der Waals surface area contributed by atoms with Crippen molar-refractivity contribution < 1.29 is 8.42 Å². The second-order valence-electron chi connectivity index (χ2n) is 4.06. The summed E-state index contributed by atoms with van der Waals surface area (Å²) < 4.78 is 26.4. The molecule has 4 nitrogen and oxygen atoms in total. The van der Waals surface area contributed by atoms with Crippen LogP contribution in [0.2, 0.25) is 0 Å². The van der Waals surface area contributed by atoms with Gasteiger partial charge < -0.3 is 5.73 Å². The van der Waals surface area contributed by atoms with Crippen LogP contribution >= 0.6 is 0 Å². The van der Waals surface area contributed by atoms with Gasteiger partial charge in [-0.25, -0.2) is 13.1 Å². The molecule has 0 radical (unpaired) electrons. The quantitative estimate of drug-likeness (QED) is 0.724. The molecule has 3 N–H and O–H groups in total. The highest BCUT2D eigenvalue weighted by molar-refractivity contribution is 7.89. The maximum Gasteiger partial charge on any atom is 0.240 e. The first kappa shape index (κ1) is 14.2. The van der Waals surface area contributed by atoms with E-state index in [2.05, 4.69) is 4.72 Å². The summed E-state index contributed by atoms with van der Waals surface area (Å²) in [6.07, 6.45) is 2.71. The molecular formula is C12H20N2O2S. The molecule has 0 aromatic heterocycles. The number of rotatable bonds is 7. The number of nitrogens with two attached hydrogens (primary N) is 1. The molecule has 96 valence electrons. The zero-order valence-corrected chi connectivity index (χ0v) is 11.0. The summed E-state index contributed by atoms with van der Waals surface area (Å²) in [6, 6.07) is 6.90. The van der Waals surface area contributed by atoms with E-state index >= 15 is 0 Å². The van der Waals surface area contributed by atoms with Crippen molar-refractivity contribution in [1.82, 2.24) is 4.72 Å². The van der Waals surface area contributed by atoms with Gasteiger partial charge in [-0.1, -0.05) is 18.6 Å². The predicted molar refractivity (Wildman–Crippen MR) is 69.3 cm³/mol. The highest BCUT2D eigenvalue weighted by atomic mass is 32.2. The van der Waals surface area contributed by atoms with Gasteiger partial charge in [0.15, 0.2) is 0 Å². The number of sulfonamides is 1. The lowest BCUT2D eigenvalue weighted by atomic mass is 10.2. The Kier molecular flexibility index (Phi) is 5.61. The Morgan fingerprint density at radius 2 is 2.00 bits per heavy atom. The lowest BCUT2D eigenvalue weighted by Gasteiger charge is -2.07. The van der Waals surface area contributed by atoms with Crippen LogP contribution in [-0.2, 0) is 10.0 Å². The smallest absolute Gasteiger partial charge is 0.240 e. The van der Waals surface area contributed by atoms with E-state index in [0.29, 0.717) is 18.0 Å². The van der Waals surface area contributed by atoms with Gasteiger partial charge in [-0.2, -0.15) is 0 Å². The third kappa shape index (κ3) is 4.85. The average Bonchev–Trinajstić information content (AvgIpc) is 2.29. The van der Waals surface area contributed by atoms with Crippen molar-refractivity contribution in [3.63, 3.8) is 0 Å². The van der Waals surface area contributed by atoms with Crippen LogP contribution in [0.5, 0.6) is 0 Å². The summed E-state index contributed by atoms with van der Waals surface area (Å²) in [4.78, 5) is 0.330. The summed E-state index contributed by atoms with van der Waals surface area (Å²) in [5.41, 5.74) is 6.31. The van der Waals surface area contributed by atoms with Crippen molar-refractivity contribution in [2.24, 2.45) is 5.73 Å². The van der Waals surface area contributed by atoms with Gasteiger partial charge in [0.2, 0.25) is 10.0 Å². The predicted octanol–water partition coefficient (Wildman–Crippen LogP) is 1.40. The summed E-state index contributed by atoms with van der Waals surface area (Å²) in [7, 11) is -3.35. The number of benzene rings is 1. The van der Waals surface area contributed by atoms with E-state index in [-0.39, 0.29) is 0 Å². The Morgan fingerprint density at radius 1 is 1.24 bits per heavy atom. The molecular weight excluding hydrogens is 236 g/mol. The minimum Gasteiger partial charge on any atom is -0.330 e. The van der Waals surface area contributed by atoms with E-state index in [1.54, 1.807) is 18.2 Å². The van der Waals surface area contributed by atoms with Crippen LogP contribution in [0.4, 0.5) is 0 Å². The first-order valence-electron chi connectivity index (χ1n) is 5.82. The number of aryl methyl sites for hydroxylation is 1. The lowest BCUT2D eigenvalue weighted by Crippen LogP contribution is -2.24. The van der Waals surface area contributed by atoms with E-state index in [9.17, 15) is 8.42 Å². The number of unbranched alkanes of at least 4 members (excludes halogenated alkanes) is 2. The fourth-order valence-corrected chi connectivity index (χ4v) is 2.70. The molecule has 0 aliphatic rings. The van der Waals surface area contributed by atoms with Crippen LogP contribution in [0.1, 0.15) is 24.8 Å². The molecule has 0 saturated carbocycles. The Hall–Kier alpha value is -0.910. The standard InChI is InChI=1S/C12H20N2O2S/c1-11-6-5-7-12(10-11)17(15,16)14-9-4-2-3-8-13/h5-7,10,14H,2-4,8-9,13H2,1H3. The minimum atomic E-state index is -3.35. The van der Waals surface area contributed by atoms with Crippen molar-refractivity contribution in [1.29, 1.82) is 0 Å². The molecule has 0 spiro atoms. The lowest BCUT2D eigenvalue weighted by molar-refractivity contribution is 0.575. The molecule has 17 heavy (non-hydrogen) atoms. The molecule has 0 amide bonds. The zero-order valence-electron chi connectivity index (χ0n) is 10.1. The summed E-state index contributed by atoms with van der Waals surface area (Å²) in [5.74, 6) is 0. The van der Waals surface area contributed by atoms with Crippen molar-refractivity contribution in [3.05, 3.63) is 29.8 Å². The molecule has 1 aromatic rings.